The smallest absolute Gasteiger partial charge is 0.191 e. The van der Waals surface area contributed by atoms with E-state index >= 15 is 0 Å². The third-order valence-electron chi connectivity index (χ3n) is 5.61. The van der Waals surface area contributed by atoms with Crippen molar-refractivity contribution in [3.63, 3.8) is 0 Å². The second-order valence-corrected chi connectivity index (χ2v) is 8.54. The number of hydrogen-bond donors (Lipinski definition) is 2. The Morgan fingerprint density at radius 2 is 2.15 bits per heavy atom. The maximum absolute atomic E-state index is 4.45. The van der Waals surface area contributed by atoms with Gasteiger partial charge in [-0.2, -0.15) is 0 Å². The molecule has 5 nitrogen and oxygen atoms in total. The molecular formula is C20H35N5S. The normalized spacial score (nSPS) is 23.5. The number of thiophene rings is 1. The summed E-state index contributed by atoms with van der Waals surface area (Å²) in [4.78, 5) is 11.1. The number of nitrogens with zero attached hydrogens (tertiary/aromatic N) is 3. The fourth-order valence-corrected chi connectivity index (χ4v) is 5.06. The summed E-state index contributed by atoms with van der Waals surface area (Å²) in [5.41, 5.74) is 0. The molecule has 146 valence electrons. The summed E-state index contributed by atoms with van der Waals surface area (Å²) >= 11 is 1.87. The molecule has 2 atom stereocenters. The molecule has 2 aliphatic rings. The Morgan fingerprint density at radius 3 is 2.85 bits per heavy atom. The van der Waals surface area contributed by atoms with Gasteiger partial charge < -0.3 is 15.5 Å². The van der Waals surface area contributed by atoms with E-state index in [0.717, 1.165) is 25.0 Å². The second kappa shape index (κ2) is 10.3. The number of likely N-dealkylation sites (tertiary alicyclic amines) is 2. The van der Waals surface area contributed by atoms with Gasteiger partial charge in [0.1, 0.15) is 0 Å². The lowest BCUT2D eigenvalue weighted by Gasteiger charge is -2.27. The predicted octanol–water partition coefficient (Wildman–Crippen LogP) is 2.78. The Balaban J connectivity index is 1.46. The molecule has 26 heavy (non-hydrogen) atoms. The molecule has 2 N–H and O–H groups in total. The maximum atomic E-state index is 4.45. The van der Waals surface area contributed by atoms with Gasteiger partial charge in [0.05, 0.1) is 6.04 Å². The number of hydrogen-bond acceptors (Lipinski definition) is 4. The SMILES string of the molecule is CCCN1CCC(CNC(=NC)NCC(c2cccs2)N2CCCC2)C1. The molecule has 0 bridgehead atoms. The fourth-order valence-electron chi connectivity index (χ4n) is 4.20. The van der Waals surface area contributed by atoms with Crippen LogP contribution in [0.2, 0.25) is 0 Å². The van der Waals surface area contributed by atoms with Gasteiger partial charge in [-0.25, -0.2) is 0 Å². The molecule has 0 aliphatic carbocycles. The first kappa shape index (κ1) is 19.6. The molecule has 3 rings (SSSR count). The highest BCUT2D eigenvalue weighted by Gasteiger charge is 2.25. The van der Waals surface area contributed by atoms with Crippen molar-refractivity contribution in [3.05, 3.63) is 22.4 Å². The Bertz CT molecular complexity index is 538. The van der Waals surface area contributed by atoms with Crippen molar-refractivity contribution in [2.24, 2.45) is 10.9 Å². The zero-order valence-electron chi connectivity index (χ0n) is 16.4. The van der Waals surface area contributed by atoms with Crippen molar-refractivity contribution in [3.8, 4) is 0 Å². The molecule has 0 radical (unpaired) electrons. The Morgan fingerprint density at radius 1 is 1.31 bits per heavy atom. The van der Waals surface area contributed by atoms with Gasteiger partial charge in [-0.3, -0.25) is 9.89 Å². The Labute approximate surface area is 162 Å². The van der Waals surface area contributed by atoms with E-state index in [1.807, 2.05) is 18.4 Å². The van der Waals surface area contributed by atoms with Crippen LogP contribution in [0, 0.1) is 5.92 Å². The van der Waals surface area contributed by atoms with Gasteiger partial charge in [0.2, 0.25) is 0 Å². The zero-order valence-corrected chi connectivity index (χ0v) is 17.2. The quantitative estimate of drug-likeness (QED) is 0.540. The summed E-state index contributed by atoms with van der Waals surface area (Å²) in [6.45, 7) is 10.4. The minimum absolute atomic E-state index is 0.461. The van der Waals surface area contributed by atoms with Crippen molar-refractivity contribution < 1.29 is 0 Å². The fraction of sp³-hybridized carbons (Fsp3) is 0.750. The van der Waals surface area contributed by atoms with Gasteiger partial charge in [-0.1, -0.05) is 13.0 Å². The number of nitrogens with one attached hydrogen (secondary N) is 2. The van der Waals surface area contributed by atoms with Crippen LogP contribution in [0.5, 0.6) is 0 Å². The summed E-state index contributed by atoms with van der Waals surface area (Å²) in [6.07, 6.45) is 5.20. The van der Waals surface area contributed by atoms with Crippen LogP contribution in [0.15, 0.2) is 22.5 Å². The average Bonchev–Trinajstić information content (AvgIpc) is 3.41. The first-order valence-corrected chi connectivity index (χ1v) is 11.1. The summed E-state index contributed by atoms with van der Waals surface area (Å²) in [7, 11) is 1.88. The summed E-state index contributed by atoms with van der Waals surface area (Å²) < 4.78 is 0. The molecule has 1 aromatic heterocycles. The monoisotopic (exact) mass is 377 g/mol. The minimum atomic E-state index is 0.461. The lowest BCUT2D eigenvalue weighted by molar-refractivity contribution is 0.249. The zero-order chi connectivity index (χ0) is 18.2. The van der Waals surface area contributed by atoms with Gasteiger partial charge in [-0.15, -0.1) is 11.3 Å². The Kier molecular flexibility index (Phi) is 7.77. The van der Waals surface area contributed by atoms with Crippen LogP contribution in [0.25, 0.3) is 0 Å². The molecule has 0 aromatic carbocycles. The van der Waals surface area contributed by atoms with Crippen LogP contribution < -0.4 is 10.6 Å². The van der Waals surface area contributed by atoms with Crippen LogP contribution in [-0.2, 0) is 0 Å². The largest absolute Gasteiger partial charge is 0.356 e. The van der Waals surface area contributed by atoms with E-state index in [2.05, 4.69) is 49.9 Å². The molecule has 3 heterocycles. The van der Waals surface area contributed by atoms with Crippen LogP contribution >= 0.6 is 11.3 Å². The van der Waals surface area contributed by atoms with Gasteiger partial charge in [0, 0.05) is 31.6 Å². The summed E-state index contributed by atoms with van der Waals surface area (Å²) in [5, 5.41) is 9.34. The van der Waals surface area contributed by atoms with E-state index in [1.165, 1.54) is 63.3 Å². The lowest BCUT2D eigenvalue weighted by Crippen LogP contribution is -2.44. The van der Waals surface area contributed by atoms with Crippen LogP contribution in [0.3, 0.4) is 0 Å². The van der Waals surface area contributed by atoms with Gasteiger partial charge in [0.15, 0.2) is 5.96 Å². The highest BCUT2D eigenvalue weighted by atomic mass is 32.1. The van der Waals surface area contributed by atoms with E-state index in [-0.39, 0.29) is 0 Å². The van der Waals surface area contributed by atoms with Crippen LogP contribution in [0.4, 0.5) is 0 Å². The molecule has 2 saturated heterocycles. The van der Waals surface area contributed by atoms with Crippen molar-refractivity contribution in [1.29, 1.82) is 0 Å². The number of aliphatic imine (C=N–C) groups is 1. The maximum Gasteiger partial charge on any atom is 0.191 e. The molecular weight excluding hydrogens is 342 g/mol. The van der Waals surface area contributed by atoms with Crippen molar-refractivity contribution >= 4 is 17.3 Å². The van der Waals surface area contributed by atoms with E-state index < -0.39 is 0 Å². The molecule has 0 amide bonds. The topological polar surface area (TPSA) is 42.9 Å². The number of guanidine groups is 1. The van der Waals surface area contributed by atoms with E-state index in [4.69, 9.17) is 0 Å². The molecule has 0 saturated carbocycles. The third kappa shape index (κ3) is 5.44. The predicted molar refractivity (Wildman–Crippen MR) is 112 cm³/mol. The van der Waals surface area contributed by atoms with E-state index in [0.29, 0.717) is 6.04 Å². The molecule has 1 aromatic rings. The second-order valence-electron chi connectivity index (χ2n) is 7.56. The highest BCUT2D eigenvalue weighted by Crippen LogP contribution is 2.27. The van der Waals surface area contributed by atoms with Crippen LogP contribution in [0.1, 0.15) is 43.5 Å². The number of rotatable bonds is 8. The summed E-state index contributed by atoms with van der Waals surface area (Å²) in [5.74, 6) is 1.69. The van der Waals surface area contributed by atoms with Crippen molar-refractivity contribution in [2.45, 2.75) is 38.6 Å². The first-order valence-electron chi connectivity index (χ1n) is 10.2. The molecule has 6 heteroatoms. The highest BCUT2D eigenvalue weighted by molar-refractivity contribution is 7.10. The Hall–Kier alpha value is -1.11. The standard InChI is InChI=1S/C20H35N5S/c1-3-9-24-12-8-17(16-24)14-22-20(21-2)23-15-18(19-7-6-13-26-19)25-10-4-5-11-25/h6-7,13,17-18H,3-5,8-12,14-16H2,1-2H3,(H2,21,22,23). The van der Waals surface area contributed by atoms with Crippen molar-refractivity contribution in [1.82, 2.24) is 20.4 Å². The first-order chi connectivity index (χ1) is 12.8. The molecule has 2 unspecified atom stereocenters. The molecule has 0 spiro atoms. The van der Waals surface area contributed by atoms with Gasteiger partial charge in [-0.05, 0) is 69.2 Å². The minimum Gasteiger partial charge on any atom is -0.356 e. The molecule has 2 aliphatic heterocycles. The van der Waals surface area contributed by atoms with E-state index in [1.54, 1.807) is 0 Å². The average molecular weight is 378 g/mol. The third-order valence-corrected chi connectivity index (χ3v) is 6.58. The summed E-state index contributed by atoms with van der Waals surface area (Å²) in [6, 6.07) is 4.90. The van der Waals surface area contributed by atoms with Crippen molar-refractivity contribution in [2.75, 3.05) is 52.9 Å². The van der Waals surface area contributed by atoms with Gasteiger partial charge >= 0.3 is 0 Å². The molecule has 2 fully saturated rings. The van der Waals surface area contributed by atoms with Gasteiger partial charge in [0.25, 0.3) is 0 Å². The van der Waals surface area contributed by atoms with Crippen LogP contribution in [-0.4, -0.2) is 68.6 Å². The van der Waals surface area contributed by atoms with E-state index in [9.17, 15) is 0 Å². The lowest BCUT2D eigenvalue weighted by atomic mass is 10.1.